The van der Waals surface area contributed by atoms with Crippen molar-refractivity contribution >= 4 is 15.9 Å². The van der Waals surface area contributed by atoms with Gasteiger partial charge in [0.2, 0.25) is 15.9 Å². The van der Waals surface area contributed by atoms with Gasteiger partial charge in [0, 0.05) is 25.1 Å². The molecule has 0 heterocycles. The number of nitrogens with zero attached hydrogens (tertiary/aromatic N) is 1. The van der Waals surface area contributed by atoms with Crippen molar-refractivity contribution < 1.29 is 22.0 Å². The number of aryl methyl sites for hydroxylation is 1. The molecule has 0 unspecified atom stereocenters. The predicted octanol–water partition coefficient (Wildman–Crippen LogP) is 2.47. The topological polar surface area (TPSA) is 89.5 Å². The molecule has 1 amide bonds. The van der Waals surface area contributed by atoms with Gasteiger partial charge in [-0.3, -0.25) is 4.79 Å². The summed E-state index contributed by atoms with van der Waals surface area (Å²) in [7, 11) is -4.14. The Balaban J connectivity index is 2.39. The van der Waals surface area contributed by atoms with Crippen LogP contribution in [0.5, 0.6) is 0 Å². The average Bonchev–Trinajstić information content (AvgIpc) is 2.61. The lowest BCUT2D eigenvalue weighted by atomic mass is 10.2. The van der Waals surface area contributed by atoms with Crippen LogP contribution in [0.1, 0.15) is 17.5 Å². The lowest BCUT2D eigenvalue weighted by Crippen LogP contribution is -2.34. The van der Waals surface area contributed by atoms with E-state index in [1.807, 2.05) is 0 Å². The van der Waals surface area contributed by atoms with Crippen molar-refractivity contribution in [3.05, 3.63) is 70.4 Å². The Morgan fingerprint density at radius 1 is 1.15 bits per heavy atom. The SMILES string of the molecule is Cc1cc(S(=O)(=O)N(CCC(=O)N[O-])Cc2ccccc2F)ccc1F. The Labute approximate surface area is 150 Å². The number of benzene rings is 2. The summed E-state index contributed by atoms with van der Waals surface area (Å²) in [6, 6.07) is 8.90. The molecule has 0 aromatic heterocycles. The van der Waals surface area contributed by atoms with Gasteiger partial charge in [0.1, 0.15) is 11.6 Å². The Bertz CT molecular complexity index is 903. The summed E-state index contributed by atoms with van der Waals surface area (Å²) in [5.41, 5.74) is 1.41. The zero-order valence-electron chi connectivity index (χ0n) is 13.9. The molecule has 0 aliphatic carbocycles. The van der Waals surface area contributed by atoms with Gasteiger partial charge in [0.25, 0.3) is 0 Å². The molecule has 0 radical (unpaired) electrons. The number of carbonyl (C=O) groups excluding carboxylic acids is 1. The average molecular weight is 383 g/mol. The minimum Gasteiger partial charge on any atom is -0.759 e. The highest BCUT2D eigenvalue weighted by Gasteiger charge is 2.26. The van der Waals surface area contributed by atoms with Crippen molar-refractivity contribution in [3.8, 4) is 0 Å². The van der Waals surface area contributed by atoms with Crippen molar-refractivity contribution in [2.24, 2.45) is 0 Å². The van der Waals surface area contributed by atoms with Crippen LogP contribution in [0.2, 0.25) is 0 Å². The summed E-state index contributed by atoms with van der Waals surface area (Å²) in [5, 5.41) is 10.4. The van der Waals surface area contributed by atoms with Crippen molar-refractivity contribution in [1.29, 1.82) is 0 Å². The smallest absolute Gasteiger partial charge is 0.243 e. The molecule has 0 fully saturated rings. The van der Waals surface area contributed by atoms with Gasteiger partial charge < -0.3 is 10.7 Å². The fourth-order valence-electron chi connectivity index (χ4n) is 2.30. The van der Waals surface area contributed by atoms with Crippen molar-refractivity contribution in [2.45, 2.75) is 24.8 Å². The van der Waals surface area contributed by atoms with Crippen LogP contribution in [0.4, 0.5) is 8.78 Å². The summed E-state index contributed by atoms with van der Waals surface area (Å²) < 4.78 is 54.0. The predicted molar refractivity (Wildman–Crippen MR) is 91.3 cm³/mol. The molecule has 0 saturated carbocycles. The third kappa shape index (κ3) is 4.63. The van der Waals surface area contributed by atoms with Crippen LogP contribution in [0.3, 0.4) is 0 Å². The number of nitrogens with one attached hydrogen (secondary N) is 1. The summed E-state index contributed by atoms with van der Waals surface area (Å²) in [4.78, 5) is 11.0. The van der Waals surface area contributed by atoms with Crippen molar-refractivity contribution in [1.82, 2.24) is 9.79 Å². The largest absolute Gasteiger partial charge is 0.759 e. The molecule has 0 atom stereocenters. The molecule has 2 aromatic carbocycles. The fourth-order valence-corrected chi connectivity index (χ4v) is 3.81. The molecule has 0 saturated heterocycles. The number of rotatable bonds is 7. The summed E-state index contributed by atoms with van der Waals surface area (Å²) >= 11 is 0. The van der Waals surface area contributed by atoms with Crippen molar-refractivity contribution in [3.63, 3.8) is 0 Å². The van der Waals surface area contributed by atoms with Gasteiger partial charge in [-0.25, -0.2) is 17.2 Å². The number of amides is 1. The highest BCUT2D eigenvalue weighted by atomic mass is 32.2. The highest BCUT2D eigenvalue weighted by Crippen LogP contribution is 2.22. The molecule has 0 bridgehead atoms. The quantitative estimate of drug-likeness (QED) is 0.744. The van der Waals surface area contributed by atoms with E-state index in [4.69, 9.17) is 0 Å². The first-order valence-corrected chi connectivity index (χ1v) is 9.10. The number of hydrogen-bond donors (Lipinski definition) is 1. The summed E-state index contributed by atoms with van der Waals surface area (Å²) in [6.45, 7) is 0.749. The number of carbonyl (C=O) groups is 1. The van der Waals surface area contributed by atoms with E-state index in [0.29, 0.717) is 0 Å². The summed E-state index contributed by atoms with van der Waals surface area (Å²) in [6.07, 6.45) is -0.392. The zero-order valence-corrected chi connectivity index (χ0v) is 14.7. The van der Waals surface area contributed by atoms with Gasteiger partial charge in [-0.05, 0) is 36.8 Å². The second-order valence-corrected chi connectivity index (χ2v) is 7.55. The molecule has 26 heavy (non-hydrogen) atoms. The Kier molecular flexibility index (Phi) is 6.41. The van der Waals surface area contributed by atoms with E-state index in [0.717, 1.165) is 22.5 Å². The Morgan fingerprint density at radius 3 is 2.46 bits per heavy atom. The molecule has 0 aliphatic rings. The van der Waals surface area contributed by atoms with Crippen LogP contribution in [-0.2, 0) is 21.4 Å². The van der Waals surface area contributed by atoms with Gasteiger partial charge in [-0.2, -0.15) is 4.31 Å². The first-order chi connectivity index (χ1) is 12.3. The molecule has 140 valence electrons. The van der Waals surface area contributed by atoms with E-state index in [2.05, 4.69) is 0 Å². The van der Waals surface area contributed by atoms with E-state index >= 15 is 0 Å². The normalized spacial score (nSPS) is 11.6. The maximum Gasteiger partial charge on any atom is 0.243 e. The number of hydrogen-bond acceptors (Lipinski definition) is 4. The molecule has 2 aromatic rings. The first kappa shape index (κ1) is 20.0. The Morgan fingerprint density at radius 2 is 1.85 bits per heavy atom. The molecule has 6 nitrogen and oxygen atoms in total. The maximum absolute atomic E-state index is 13.9. The zero-order chi connectivity index (χ0) is 19.3. The van der Waals surface area contributed by atoms with Crippen LogP contribution in [-0.4, -0.2) is 25.2 Å². The van der Waals surface area contributed by atoms with Crippen LogP contribution in [0.15, 0.2) is 47.4 Å². The van der Waals surface area contributed by atoms with Gasteiger partial charge >= 0.3 is 0 Å². The van der Waals surface area contributed by atoms with Gasteiger partial charge in [-0.15, -0.1) is 0 Å². The third-order valence-corrected chi connectivity index (χ3v) is 5.61. The highest BCUT2D eigenvalue weighted by molar-refractivity contribution is 7.89. The van der Waals surface area contributed by atoms with E-state index in [-0.39, 0.29) is 29.1 Å². The van der Waals surface area contributed by atoms with E-state index in [1.165, 1.54) is 30.6 Å². The standard InChI is InChI=1S/C17H17F2N2O4S/c1-12-10-14(6-7-15(12)18)26(24,25)21(9-8-17(22)20-23)11-13-4-2-3-5-16(13)19/h2-7,10H,8-9,11H2,1H3,(H-,20,22,23)/q-1. The third-order valence-electron chi connectivity index (χ3n) is 3.77. The minimum absolute atomic E-state index is 0.109. The molecular formula is C17H17F2N2O4S-. The van der Waals surface area contributed by atoms with E-state index in [9.17, 15) is 27.2 Å². The van der Waals surface area contributed by atoms with E-state index in [1.54, 1.807) is 6.07 Å². The lowest BCUT2D eigenvalue weighted by Gasteiger charge is -2.23. The second kappa shape index (κ2) is 8.35. The van der Waals surface area contributed by atoms with E-state index < -0.39 is 34.0 Å². The molecule has 2 rings (SSSR count). The van der Waals surface area contributed by atoms with Crippen molar-refractivity contribution in [2.75, 3.05) is 6.54 Å². The van der Waals surface area contributed by atoms with Crippen LogP contribution >= 0.6 is 0 Å². The molecule has 1 N–H and O–H groups in total. The van der Waals surface area contributed by atoms with Gasteiger partial charge in [-0.1, -0.05) is 18.2 Å². The molecular weight excluding hydrogens is 366 g/mol. The maximum atomic E-state index is 13.9. The monoisotopic (exact) mass is 383 g/mol. The number of hydroxylamine groups is 1. The fraction of sp³-hybridized carbons (Fsp3) is 0.235. The number of sulfonamides is 1. The second-order valence-electron chi connectivity index (χ2n) is 5.62. The Hall–Kier alpha value is -2.36. The number of halogens is 2. The molecule has 0 aliphatic heterocycles. The minimum atomic E-state index is -4.14. The molecule has 0 spiro atoms. The van der Waals surface area contributed by atoms with Crippen LogP contribution in [0.25, 0.3) is 0 Å². The first-order valence-electron chi connectivity index (χ1n) is 7.66. The lowest BCUT2D eigenvalue weighted by molar-refractivity contribution is -0.120. The van der Waals surface area contributed by atoms with Gasteiger partial charge in [0.15, 0.2) is 0 Å². The van der Waals surface area contributed by atoms with Gasteiger partial charge in [0.05, 0.1) is 4.90 Å². The van der Waals surface area contributed by atoms with Crippen LogP contribution < -0.4 is 5.48 Å². The summed E-state index contributed by atoms with van der Waals surface area (Å²) in [5.74, 6) is -2.05. The molecule has 9 heteroatoms. The van der Waals surface area contributed by atoms with Crippen LogP contribution in [0, 0.1) is 23.8 Å².